The Balaban J connectivity index is 1.99. The SMILES string of the molecule is CC1(C)O[C@@]2(C[C@H]3C(C)(C)[C@@H](Cl)CC[C@]3(C)O)C(=O)c3cc(O)cc(O)c3C(=O)[C@@]2(Cl)C[C@H]1Cl. The van der Waals surface area contributed by atoms with E-state index in [0.717, 1.165) is 12.1 Å². The van der Waals surface area contributed by atoms with Gasteiger partial charge in [-0.1, -0.05) is 13.8 Å². The van der Waals surface area contributed by atoms with Crippen LogP contribution in [0.2, 0.25) is 0 Å². The van der Waals surface area contributed by atoms with Crippen LogP contribution in [0.3, 0.4) is 0 Å². The van der Waals surface area contributed by atoms with E-state index in [1.807, 2.05) is 13.8 Å². The first-order chi connectivity index (χ1) is 15.4. The Kier molecular flexibility index (Phi) is 5.91. The minimum atomic E-state index is -1.93. The second-order valence-electron chi connectivity index (χ2n) is 11.5. The van der Waals surface area contributed by atoms with Crippen molar-refractivity contribution in [1.82, 2.24) is 0 Å². The van der Waals surface area contributed by atoms with Crippen molar-refractivity contribution in [3.8, 4) is 11.5 Å². The predicted octanol–water partition coefficient (Wildman–Crippen LogP) is 5.18. The first-order valence-electron chi connectivity index (χ1n) is 11.5. The number of alkyl halides is 3. The molecule has 6 atom stereocenters. The van der Waals surface area contributed by atoms with Crippen LogP contribution in [0.1, 0.15) is 81.0 Å². The van der Waals surface area contributed by atoms with E-state index >= 15 is 0 Å². The number of ketones is 2. The van der Waals surface area contributed by atoms with E-state index in [2.05, 4.69) is 0 Å². The summed E-state index contributed by atoms with van der Waals surface area (Å²) in [5, 5.41) is 31.0. The lowest BCUT2D eigenvalue weighted by Gasteiger charge is -2.60. The van der Waals surface area contributed by atoms with Crippen LogP contribution >= 0.6 is 34.8 Å². The smallest absolute Gasteiger partial charge is 0.197 e. The van der Waals surface area contributed by atoms with Crippen molar-refractivity contribution in [2.75, 3.05) is 0 Å². The van der Waals surface area contributed by atoms with Gasteiger partial charge in [-0.15, -0.1) is 34.8 Å². The summed E-state index contributed by atoms with van der Waals surface area (Å²) < 4.78 is 6.47. The number of benzene rings is 1. The average Bonchev–Trinajstić information content (AvgIpc) is 2.70. The van der Waals surface area contributed by atoms with Crippen molar-refractivity contribution >= 4 is 46.4 Å². The van der Waals surface area contributed by atoms with Gasteiger partial charge in [0, 0.05) is 17.0 Å². The third-order valence-corrected chi connectivity index (χ3v) is 10.5. The topological polar surface area (TPSA) is 104 Å². The minimum absolute atomic E-state index is 0.0901. The number of hydrogen-bond donors (Lipinski definition) is 3. The zero-order valence-electron chi connectivity index (χ0n) is 19.9. The molecule has 2 aliphatic carbocycles. The molecular weight excluding hydrogens is 503 g/mol. The van der Waals surface area contributed by atoms with Crippen LogP contribution in [0, 0.1) is 11.3 Å². The summed E-state index contributed by atoms with van der Waals surface area (Å²) in [7, 11) is 0. The number of phenolic OH excluding ortho intramolecular Hbond substituents is 2. The van der Waals surface area contributed by atoms with Crippen molar-refractivity contribution in [3.05, 3.63) is 23.3 Å². The molecule has 1 heterocycles. The molecule has 0 amide bonds. The summed E-state index contributed by atoms with van der Waals surface area (Å²) in [5.74, 6) is -2.81. The van der Waals surface area contributed by atoms with Crippen LogP contribution in [-0.2, 0) is 4.74 Å². The number of phenols is 2. The Morgan fingerprint density at radius 2 is 1.65 bits per heavy atom. The number of ether oxygens (including phenoxy) is 1. The lowest BCUT2D eigenvalue weighted by Crippen LogP contribution is -2.74. The lowest BCUT2D eigenvalue weighted by atomic mass is 9.54. The van der Waals surface area contributed by atoms with E-state index in [9.17, 15) is 24.9 Å². The first kappa shape index (κ1) is 26.0. The fourth-order valence-corrected chi connectivity index (χ4v) is 7.32. The largest absolute Gasteiger partial charge is 0.508 e. The number of carbonyl (C=O) groups excluding carboxylic acids is 2. The molecular formula is C25H31Cl3O6. The van der Waals surface area contributed by atoms with E-state index in [-0.39, 0.29) is 35.1 Å². The molecule has 1 saturated heterocycles. The molecule has 3 N–H and O–H groups in total. The molecule has 0 aromatic heterocycles. The van der Waals surface area contributed by atoms with Crippen molar-refractivity contribution in [2.45, 2.75) is 92.7 Å². The number of carbonyl (C=O) groups is 2. The number of aromatic hydroxyl groups is 2. The molecule has 34 heavy (non-hydrogen) atoms. The van der Waals surface area contributed by atoms with Crippen molar-refractivity contribution in [3.63, 3.8) is 0 Å². The number of hydrogen-bond acceptors (Lipinski definition) is 6. The van der Waals surface area contributed by atoms with Crippen LogP contribution in [0.25, 0.3) is 0 Å². The van der Waals surface area contributed by atoms with E-state index in [1.165, 1.54) is 0 Å². The summed E-state index contributed by atoms with van der Waals surface area (Å²) in [6.45, 7) is 9.01. The van der Waals surface area contributed by atoms with E-state index in [1.54, 1.807) is 20.8 Å². The van der Waals surface area contributed by atoms with Gasteiger partial charge >= 0.3 is 0 Å². The Bertz CT molecular complexity index is 1070. The van der Waals surface area contributed by atoms with E-state index < -0.39 is 55.7 Å². The summed E-state index contributed by atoms with van der Waals surface area (Å²) >= 11 is 20.4. The number of halogens is 3. The third kappa shape index (κ3) is 3.43. The first-order valence-corrected chi connectivity index (χ1v) is 12.7. The molecule has 1 aromatic carbocycles. The van der Waals surface area contributed by atoms with E-state index in [0.29, 0.717) is 12.8 Å². The number of rotatable bonds is 2. The zero-order chi connectivity index (χ0) is 25.6. The van der Waals surface area contributed by atoms with Gasteiger partial charge in [0.1, 0.15) is 16.4 Å². The summed E-state index contributed by atoms with van der Waals surface area (Å²) in [5.41, 5.74) is -5.22. The zero-order valence-corrected chi connectivity index (χ0v) is 22.2. The monoisotopic (exact) mass is 532 g/mol. The number of fused-ring (bicyclic) bond motifs is 2. The van der Waals surface area contributed by atoms with Crippen LogP contribution in [0.4, 0.5) is 0 Å². The molecule has 1 saturated carbocycles. The fourth-order valence-electron chi connectivity index (χ4n) is 6.25. The fraction of sp³-hybridized carbons (Fsp3) is 0.680. The predicted molar refractivity (Wildman–Crippen MR) is 131 cm³/mol. The Morgan fingerprint density at radius 3 is 2.26 bits per heavy atom. The highest BCUT2D eigenvalue weighted by Crippen LogP contribution is 2.61. The number of aliphatic hydroxyl groups is 1. The molecule has 0 radical (unpaired) electrons. The molecule has 3 aliphatic rings. The van der Waals surface area contributed by atoms with Crippen molar-refractivity contribution < 1.29 is 29.6 Å². The van der Waals surface area contributed by atoms with Crippen LogP contribution in [0.5, 0.6) is 11.5 Å². The highest BCUT2D eigenvalue weighted by atomic mass is 35.5. The van der Waals surface area contributed by atoms with Gasteiger partial charge in [-0.05, 0) is 63.9 Å². The Morgan fingerprint density at radius 1 is 1.03 bits per heavy atom. The minimum Gasteiger partial charge on any atom is -0.508 e. The Labute approximate surface area is 214 Å². The maximum Gasteiger partial charge on any atom is 0.197 e. The van der Waals surface area contributed by atoms with Crippen molar-refractivity contribution in [1.29, 1.82) is 0 Å². The average molecular weight is 534 g/mol. The molecule has 0 spiro atoms. The molecule has 188 valence electrons. The van der Waals surface area contributed by atoms with Gasteiger partial charge in [0.2, 0.25) is 0 Å². The molecule has 4 rings (SSSR count). The lowest BCUT2D eigenvalue weighted by molar-refractivity contribution is -0.189. The van der Waals surface area contributed by atoms with Gasteiger partial charge < -0.3 is 20.1 Å². The molecule has 1 aromatic rings. The summed E-state index contributed by atoms with van der Waals surface area (Å²) in [4.78, 5) is 26.2. The highest BCUT2D eigenvalue weighted by molar-refractivity contribution is 6.45. The number of Topliss-reactive ketones (excluding diaryl/α,β-unsaturated/α-hetero) is 2. The molecule has 0 unspecified atom stereocenters. The van der Waals surface area contributed by atoms with Gasteiger partial charge in [0.05, 0.1) is 22.1 Å². The Hall–Kier alpha value is -1.05. The van der Waals surface area contributed by atoms with Gasteiger partial charge in [-0.3, -0.25) is 9.59 Å². The van der Waals surface area contributed by atoms with Crippen LogP contribution < -0.4 is 0 Å². The van der Waals surface area contributed by atoms with Crippen LogP contribution in [-0.4, -0.2) is 59.3 Å². The second kappa shape index (κ2) is 7.72. The molecule has 2 fully saturated rings. The van der Waals surface area contributed by atoms with Crippen molar-refractivity contribution in [2.24, 2.45) is 11.3 Å². The highest BCUT2D eigenvalue weighted by Gasteiger charge is 2.72. The van der Waals surface area contributed by atoms with Gasteiger partial charge in [-0.2, -0.15) is 0 Å². The molecule has 6 nitrogen and oxygen atoms in total. The molecule has 9 heteroatoms. The maximum atomic E-state index is 14.3. The van der Waals surface area contributed by atoms with E-state index in [4.69, 9.17) is 39.5 Å². The molecule has 0 bridgehead atoms. The van der Waals surface area contributed by atoms with Gasteiger partial charge in [0.15, 0.2) is 17.2 Å². The quantitative estimate of drug-likeness (QED) is 0.452. The normalized spacial score (nSPS) is 41.0. The molecule has 1 aliphatic heterocycles. The van der Waals surface area contributed by atoms with Crippen LogP contribution in [0.15, 0.2) is 12.1 Å². The standard InChI is InChI=1S/C25H31Cl3O6/c1-21(2)15(23(5,33)7-6-16(21)26)10-25-19(31)13-8-12(29)9-14(30)18(13)20(32)24(25,28)11-17(27)22(3,4)34-25/h8-9,15-17,29-30,33H,6-7,10-11H2,1-5H3/t15-,16-,17+,23-,24-,25-/m0/s1. The summed E-state index contributed by atoms with van der Waals surface area (Å²) in [6.07, 6.45) is 0.813. The van der Waals surface area contributed by atoms with Gasteiger partial charge in [0.25, 0.3) is 0 Å². The van der Waals surface area contributed by atoms with Gasteiger partial charge in [-0.25, -0.2) is 0 Å². The second-order valence-corrected chi connectivity index (χ2v) is 13.2. The maximum absolute atomic E-state index is 14.3. The third-order valence-electron chi connectivity index (χ3n) is 8.44. The summed E-state index contributed by atoms with van der Waals surface area (Å²) in [6, 6.07) is 2.14.